The van der Waals surface area contributed by atoms with Crippen LogP contribution in [-0.2, 0) is 6.42 Å². The summed E-state index contributed by atoms with van der Waals surface area (Å²) in [4.78, 5) is 0. The van der Waals surface area contributed by atoms with Crippen LogP contribution in [-0.4, -0.2) is 6.10 Å². The van der Waals surface area contributed by atoms with E-state index >= 15 is 0 Å². The van der Waals surface area contributed by atoms with Crippen LogP contribution in [0.4, 0.5) is 0 Å². The van der Waals surface area contributed by atoms with Crippen molar-refractivity contribution >= 4 is 27.5 Å². The van der Waals surface area contributed by atoms with Crippen LogP contribution in [0.25, 0.3) is 0 Å². The number of halogens is 2. The van der Waals surface area contributed by atoms with Gasteiger partial charge in [0.05, 0.1) is 6.04 Å². The molecule has 2 nitrogen and oxygen atoms in total. The standard InChI is InChI=1S/C16H15BrClNO/c1-9-6-11-7-10(2-5-15(11)20-9)16(19)13-4-3-12(18)8-14(13)17/h2-5,7-9,16H,6,19H2,1H3. The Morgan fingerprint density at radius 2 is 2.10 bits per heavy atom. The number of nitrogens with two attached hydrogens (primary N) is 1. The van der Waals surface area contributed by atoms with Gasteiger partial charge in [-0.3, -0.25) is 0 Å². The summed E-state index contributed by atoms with van der Waals surface area (Å²) in [5, 5.41) is 0.698. The summed E-state index contributed by atoms with van der Waals surface area (Å²) in [6.07, 6.45) is 1.19. The fourth-order valence-electron chi connectivity index (χ4n) is 2.57. The van der Waals surface area contributed by atoms with E-state index in [0.717, 1.165) is 27.8 Å². The highest BCUT2D eigenvalue weighted by Crippen LogP contribution is 2.34. The molecule has 4 heteroatoms. The zero-order chi connectivity index (χ0) is 14.3. The summed E-state index contributed by atoms with van der Waals surface area (Å²) in [6, 6.07) is 11.7. The SMILES string of the molecule is CC1Cc2cc(C(N)c3ccc(Cl)cc3Br)ccc2O1. The molecule has 0 radical (unpaired) electrons. The molecule has 2 aromatic rings. The molecule has 0 saturated heterocycles. The molecule has 1 aliphatic rings. The Labute approximate surface area is 132 Å². The van der Waals surface area contributed by atoms with Gasteiger partial charge in [0.15, 0.2) is 0 Å². The molecule has 0 bridgehead atoms. The Hall–Kier alpha value is -1.03. The highest BCUT2D eigenvalue weighted by molar-refractivity contribution is 9.10. The summed E-state index contributed by atoms with van der Waals surface area (Å²) >= 11 is 9.50. The predicted octanol–water partition coefficient (Wildman–Crippen LogP) is 4.47. The number of ether oxygens (including phenoxy) is 1. The van der Waals surface area contributed by atoms with E-state index in [9.17, 15) is 0 Å². The molecule has 0 aromatic heterocycles. The maximum Gasteiger partial charge on any atom is 0.123 e. The monoisotopic (exact) mass is 351 g/mol. The molecule has 2 atom stereocenters. The molecule has 2 N–H and O–H groups in total. The molecule has 0 saturated carbocycles. The summed E-state index contributed by atoms with van der Waals surface area (Å²) in [5.41, 5.74) is 9.73. The lowest BCUT2D eigenvalue weighted by atomic mass is 9.97. The first-order chi connectivity index (χ1) is 9.54. The molecular weight excluding hydrogens is 338 g/mol. The van der Waals surface area contributed by atoms with Crippen molar-refractivity contribution in [1.29, 1.82) is 0 Å². The van der Waals surface area contributed by atoms with Crippen LogP contribution in [0.2, 0.25) is 5.02 Å². The second-order valence-electron chi connectivity index (χ2n) is 5.14. The van der Waals surface area contributed by atoms with E-state index in [-0.39, 0.29) is 12.1 Å². The minimum absolute atomic E-state index is 0.178. The summed E-state index contributed by atoms with van der Waals surface area (Å²) in [7, 11) is 0. The van der Waals surface area contributed by atoms with Crippen LogP contribution in [0.3, 0.4) is 0 Å². The van der Waals surface area contributed by atoms with E-state index in [1.165, 1.54) is 5.56 Å². The number of rotatable bonds is 2. The minimum Gasteiger partial charge on any atom is -0.490 e. The Morgan fingerprint density at radius 1 is 1.30 bits per heavy atom. The first-order valence-corrected chi connectivity index (χ1v) is 7.71. The van der Waals surface area contributed by atoms with Crippen LogP contribution in [0, 0.1) is 0 Å². The summed E-state index contributed by atoms with van der Waals surface area (Å²) in [6.45, 7) is 2.08. The highest BCUT2D eigenvalue weighted by atomic mass is 79.9. The molecule has 3 rings (SSSR count). The quantitative estimate of drug-likeness (QED) is 0.865. The molecule has 2 aromatic carbocycles. The molecule has 0 spiro atoms. The molecule has 1 heterocycles. The van der Waals surface area contributed by atoms with E-state index in [2.05, 4.69) is 28.9 Å². The van der Waals surface area contributed by atoms with Crippen molar-refractivity contribution in [2.75, 3.05) is 0 Å². The maximum atomic E-state index is 6.38. The lowest BCUT2D eigenvalue weighted by Gasteiger charge is -2.15. The van der Waals surface area contributed by atoms with E-state index in [1.54, 1.807) is 0 Å². The maximum absolute atomic E-state index is 6.38. The largest absolute Gasteiger partial charge is 0.490 e. The predicted molar refractivity (Wildman–Crippen MR) is 85.4 cm³/mol. The van der Waals surface area contributed by atoms with Crippen molar-refractivity contribution in [1.82, 2.24) is 0 Å². The van der Waals surface area contributed by atoms with E-state index in [4.69, 9.17) is 22.1 Å². The number of fused-ring (bicyclic) bond motifs is 1. The first kappa shape index (κ1) is 13.9. The van der Waals surface area contributed by atoms with Crippen molar-refractivity contribution in [3.05, 3.63) is 62.6 Å². The van der Waals surface area contributed by atoms with Gasteiger partial charge in [0, 0.05) is 15.9 Å². The van der Waals surface area contributed by atoms with Gasteiger partial charge in [-0.25, -0.2) is 0 Å². The lowest BCUT2D eigenvalue weighted by Crippen LogP contribution is -2.12. The van der Waals surface area contributed by atoms with Crippen molar-refractivity contribution in [3.8, 4) is 5.75 Å². The second kappa shape index (κ2) is 5.40. The molecule has 2 unspecified atom stereocenters. The Bertz CT molecular complexity index is 659. The van der Waals surface area contributed by atoms with Crippen LogP contribution >= 0.6 is 27.5 Å². The average molecular weight is 353 g/mol. The van der Waals surface area contributed by atoms with Gasteiger partial charge in [0.1, 0.15) is 11.9 Å². The number of hydrogen-bond donors (Lipinski definition) is 1. The third-order valence-corrected chi connectivity index (χ3v) is 4.50. The fourth-order valence-corrected chi connectivity index (χ4v) is 3.50. The van der Waals surface area contributed by atoms with Gasteiger partial charge in [-0.05, 0) is 41.8 Å². The minimum atomic E-state index is -0.178. The van der Waals surface area contributed by atoms with E-state index in [0.29, 0.717) is 5.02 Å². The second-order valence-corrected chi connectivity index (χ2v) is 6.43. The fraction of sp³-hybridized carbons (Fsp3) is 0.250. The summed E-state index contributed by atoms with van der Waals surface area (Å²) in [5.74, 6) is 0.976. The lowest BCUT2D eigenvalue weighted by molar-refractivity contribution is 0.254. The Balaban J connectivity index is 1.95. The van der Waals surface area contributed by atoms with Gasteiger partial charge < -0.3 is 10.5 Å². The normalized spacial score (nSPS) is 18.5. The zero-order valence-electron chi connectivity index (χ0n) is 11.1. The van der Waals surface area contributed by atoms with Gasteiger partial charge in [0.2, 0.25) is 0 Å². The van der Waals surface area contributed by atoms with Crippen LogP contribution < -0.4 is 10.5 Å². The van der Waals surface area contributed by atoms with E-state index < -0.39 is 0 Å². The molecule has 104 valence electrons. The van der Waals surface area contributed by atoms with Crippen molar-refractivity contribution < 1.29 is 4.74 Å². The van der Waals surface area contributed by atoms with Gasteiger partial charge >= 0.3 is 0 Å². The third kappa shape index (κ3) is 2.58. The number of benzene rings is 2. The third-order valence-electron chi connectivity index (χ3n) is 3.58. The van der Waals surface area contributed by atoms with Gasteiger partial charge in [-0.1, -0.05) is 45.7 Å². The van der Waals surface area contributed by atoms with Crippen molar-refractivity contribution in [3.63, 3.8) is 0 Å². The highest BCUT2D eigenvalue weighted by Gasteiger charge is 2.21. The molecule has 0 aliphatic carbocycles. The number of hydrogen-bond acceptors (Lipinski definition) is 2. The van der Waals surface area contributed by atoms with Crippen molar-refractivity contribution in [2.45, 2.75) is 25.5 Å². The van der Waals surface area contributed by atoms with Gasteiger partial charge in [-0.15, -0.1) is 0 Å². The summed E-state index contributed by atoms with van der Waals surface area (Å²) < 4.78 is 6.65. The van der Waals surface area contributed by atoms with Gasteiger partial charge in [-0.2, -0.15) is 0 Å². The van der Waals surface area contributed by atoms with Crippen LogP contribution in [0.15, 0.2) is 40.9 Å². The van der Waals surface area contributed by atoms with E-state index in [1.807, 2.05) is 30.3 Å². The molecule has 1 aliphatic heterocycles. The van der Waals surface area contributed by atoms with Crippen molar-refractivity contribution in [2.24, 2.45) is 5.73 Å². The first-order valence-electron chi connectivity index (χ1n) is 6.54. The molecule has 0 fully saturated rings. The van der Waals surface area contributed by atoms with Gasteiger partial charge in [0.25, 0.3) is 0 Å². The molecule has 0 amide bonds. The molecular formula is C16H15BrClNO. The zero-order valence-corrected chi connectivity index (χ0v) is 13.4. The molecule has 20 heavy (non-hydrogen) atoms. The van der Waals surface area contributed by atoms with Crippen LogP contribution in [0.1, 0.15) is 29.7 Å². The topological polar surface area (TPSA) is 35.2 Å². The Kier molecular flexibility index (Phi) is 3.76. The smallest absolute Gasteiger partial charge is 0.123 e. The average Bonchev–Trinajstić information content (AvgIpc) is 2.77. The Morgan fingerprint density at radius 3 is 2.85 bits per heavy atom. The van der Waals surface area contributed by atoms with Crippen LogP contribution in [0.5, 0.6) is 5.75 Å².